The van der Waals surface area contributed by atoms with Gasteiger partial charge in [0.1, 0.15) is 6.10 Å². The fourth-order valence-electron chi connectivity index (χ4n) is 1.54. The maximum Gasteiger partial charge on any atom is 0.311 e. The van der Waals surface area contributed by atoms with Gasteiger partial charge < -0.3 is 16.2 Å². The molecule has 7 heteroatoms. The molecule has 1 fully saturated rings. The predicted octanol–water partition coefficient (Wildman–Crippen LogP) is 0.440. The van der Waals surface area contributed by atoms with Gasteiger partial charge in [-0.25, -0.2) is 0 Å². The average molecular weight is 224 g/mol. The third kappa shape index (κ3) is 2.03. The van der Waals surface area contributed by atoms with Crippen molar-refractivity contribution in [3.8, 4) is 5.88 Å². The van der Waals surface area contributed by atoms with Gasteiger partial charge in [0.25, 0.3) is 0 Å². The normalized spacial score (nSPS) is 23.6. The number of hydrogen-bond donors (Lipinski definition) is 2. The summed E-state index contributed by atoms with van der Waals surface area (Å²) in [5, 5.41) is 10.5. The van der Waals surface area contributed by atoms with Crippen molar-refractivity contribution >= 4 is 11.5 Å². The van der Waals surface area contributed by atoms with E-state index in [0.717, 1.165) is 12.8 Å². The van der Waals surface area contributed by atoms with Crippen molar-refractivity contribution in [2.24, 2.45) is 5.73 Å². The second-order valence-electron chi connectivity index (χ2n) is 3.78. The first-order chi connectivity index (χ1) is 7.56. The number of nitrogen functional groups attached to an aromatic ring is 1. The average Bonchev–Trinajstić information content (AvgIpc) is 2.15. The number of nitrogens with zero attached hydrogens (tertiary/aromatic N) is 2. The van der Waals surface area contributed by atoms with Crippen LogP contribution in [-0.4, -0.2) is 22.1 Å². The Morgan fingerprint density at radius 3 is 2.69 bits per heavy atom. The third-order valence-corrected chi connectivity index (χ3v) is 2.49. The van der Waals surface area contributed by atoms with Crippen LogP contribution in [0.5, 0.6) is 5.88 Å². The highest BCUT2D eigenvalue weighted by atomic mass is 16.6. The van der Waals surface area contributed by atoms with Gasteiger partial charge in [-0.15, -0.1) is 0 Å². The number of ether oxygens (including phenoxy) is 1. The number of nitrogens with two attached hydrogens (primary N) is 2. The Balaban J connectivity index is 2.06. The molecule has 0 aromatic carbocycles. The summed E-state index contributed by atoms with van der Waals surface area (Å²) >= 11 is 0. The zero-order valence-electron chi connectivity index (χ0n) is 8.50. The largest absolute Gasteiger partial charge is 0.474 e. The topological polar surface area (TPSA) is 117 Å². The summed E-state index contributed by atoms with van der Waals surface area (Å²) in [5.41, 5.74) is 10.8. The van der Waals surface area contributed by atoms with Crippen molar-refractivity contribution < 1.29 is 9.66 Å². The third-order valence-electron chi connectivity index (χ3n) is 2.49. The molecule has 4 N–H and O–H groups in total. The van der Waals surface area contributed by atoms with Crippen LogP contribution in [0.25, 0.3) is 0 Å². The lowest BCUT2D eigenvalue weighted by Gasteiger charge is -2.32. The van der Waals surface area contributed by atoms with Gasteiger partial charge in [0.05, 0.1) is 4.92 Å². The van der Waals surface area contributed by atoms with Gasteiger partial charge in [-0.05, 0) is 12.8 Å². The van der Waals surface area contributed by atoms with Crippen LogP contribution in [0.15, 0.2) is 12.1 Å². The summed E-state index contributed by atoms with van der Waals surface area (Å²) in [7, 11) is 0. The molecule has 2 rings (SSSR count). The highest BCUT2D eigenvalue weighted by molar-refractivity contribution is 5.53. The van der Waals surface area contributed by atoms with Crippen molar-refractivity contribution in [1.29, 1.82) is 0 Å². The van der Waals surface area contributed by atoms with Crippen LogP contribution in [0.1, 0.15) is 12.8 Å². The number of hydrogen-bond acceptors (Lipinski definition) is 6. The molecule has 0 amide bonds. The predicted molar refractivity (Wildman–Crippen MR) is 56.9 cm³/mol. The first kappa shape index (κ1) is 10.6. The van der Waals surface area contributed by atoms with Gasteiger partial charge in [-0.2, -0.15) is 4.98 Å². The van der Waals surface area contributed by atoms with Crippen LogP contribution in [0, 0.1) is 10.1 Å². The molecule has 7 nitrogen and oxygen atoms in total. The number of pyridine rings is 1. The molecule has 0 unspecified atom stereocenters. The van der Waals surface area contributed by atoms with E-state index in [4.69, 9.17) is 16.2 Å². The van der Waals surface area contributed by atoms with Crippen molar-refractivity contribution in [3.63, 3.8) is 0 Å². The molecule has 86 valence electrons. The molecule has 0 saturated heterocycles. The van der Waals surface area contributed by atoms with E-state index < -0.39 is 4.92 Å². The Bertz CT molecular complexity index is 417. The lowest BCUT2D eigenvalue weighted by atomic mass is 9.90. The van der Waals surface area contributed by atoms with Crippen molar-refractivity contribution in [3.05, 3.63) is 22.2 Å². The minimum atomic E-state index is -0.578. The summed E-state index contributed by atoms with van der Waals surface area (Å²) in [5.74, 6) is 0.172. The Kier molecular flexibility index (Phi) is 2.61. The Labute approximate surface area is 91.6 Å². The SMILES string of the molecule is Nc1nc(OC2CC(N)C2)ccc1[N+](=O)[O-]. The second-order valence-corrected chi connectivity index (χ2v) is 3.78. The van der Waals surface area contributed by atoms with E-state index in [9.17, 15) is 10.1 Å². The minimum absolute atomic E-state index is 0.0448. The minimum Gasteiger partial charge on any atom is -0.474 e. The zero-order chi connectivity index (χ0) is 11.7. The van der Waals surface area contributed by atoms with E-state index in [2.05, 4.69) is 4.98 Å². The molecule has 1 aromatic heterocycles. The monoisotopic (exact) mass is 224 g/mol. The molecule has 1 aliphatic rings. The number of rotatable bonds is 3. The van der Waals surface area contributed by atoms with Crippen molar-refractivity contribution in [2.75, 3.05) is 5.73 Å². The molecule has 0 spiro atoms. The Morgan fingerprint density at radius 1 is 1.50 bits per heavy atom. The first-order valence-electron chi connectivity index (χ1n) is 4.89. The maximum absolute atomic E-state index is 10.5. The summed E-state index contributed by atoms with van der Waals surface area (Å²) in [6.07, 6.45) is 1.60. The highest BCUT2D eigenvalue weighted by Gasteiger charge is 2.28. The van der Waals surface area contributed by atoms with Crippen molar-refractivity contribution in [1.82, 2.24) is 4.98 Å². The zero-order valence-corrected chi connectivity index (χ0v) is 8.50. The van der Waals surface area contributed by atoms with Gasteiger partial charge in [0.15, 0.2) is 0 Å². The molecule has 0 atom stereocenters. The van der Waals surface area contributed by atoms with Gasteiger partial charge in [-0.1, -0.05) is 0 Å². The highest BCUT2D eigenvalue weighted by Crippen LogP contribution is 2.26. The van der Waals surface area contributed by atoms with E-state index in [-0.39, 0.29) is 23.7 Å². The maximum atomic E-state index is 10.5. The fourth-order valence-corrected chi connectivity index (χ4v) is 1.54. The molecule has 0 aliphatic heterocycles. The van der Waals surface area contributed by atoms with E-state index in [1.165, 1.54) is 12.1 Å². The summed E-state index contributed by atoms with van der Waals surface area (Å²) in [6, 6.07) is 2.91. The first-order valence-corrected chi connectivity index (χ1v) is 4.89. The summed E-state index contributed by atoms with van der Waals surface area (Å²) < 4.78 is 5.44. The van der Waals surface area contributed by atoms with Crippen molar-refractivity contribution in [2.45, 2.75) is 25.0 Å². The van der Waals surface area contributed by atoms with Crippen LogP contribution in [0.3, 0.4) is 0 Å². The summed E-state index contributed by atoms with van der Waals surface area (Å²) in [6.45, 7) is 0. The van der Waals surface area contributed by atoms with E-state index in [1.807, 2.05) is 0 Å². The molecule has 1 aliphatic carbocycles. The van der Waals surface area contributed by atoms with E-state index in [0.29, 0.717) is 5.88 Å². The van der Waals surface area contributed by atoms with E-state index in [1.54, 1.807) is 0 Å². The lowest BCUT2D eigenvalue weighted by Crippen LogP contribution is -2.43. The molecule has 1 aromatic rings. The standard InChI is InChI=1S/C9H12N4O3/c10-5-3-6(4-5)16-8-2-1-7(13(14)15)9(11)12-8/h1-2,5-6H,3-4,10H2,(H2,11,12). The number of anilines is 1. The molecular weight excluding hydrogens is 212 g/mol. The van der Waals surface area contributed by atoms with Crippen LogP contribution in [0.4, 0.5) is 11.5 Å². The molecular formula is C9H12N4O3. The quantitative estimate of drug-likeness (QED) is 0.568. The fraction of sp³-hybridized carbons (Fsp3) is 0.444. The van der Waals surface area contributed by atoms with Gasteiger partial charge in [0.2, 0.25) is 11.7 Å². The second kappa shape index (κ2) is 3.93. The summed E-state index contributed by atoms with van der Waals surface area (Å²) in [4.78, 5) is 13.7. The van der Waals surface area contributed by atoms with Gasteiger partial charge in [0, 0.05) is 18.2 Å². The van der Waals surface area contributed by atoms with Crippen LogP contribution in [0.2, 0.25) is 0 Å². The van der Waals surface area contributed by atoms with Crippen LogP contribution >= 0.6 is 0 Å². The van der Waals surface area contributed by atoms with Crippen LogP contribution < -0.4 is 16.2 Å². The van der Waals surface area contributed by atoms with Gasteiger partial charge >= 0.3 is 5.69 Å². The Morgan fingerprint density at radius 2 is 2.19 bits per heavy atom. The van der Waals surface area contributed by atoms with E-state index >= 15 is 0 Å². The molecule has 1 saturated carbocycles. The smallest absolute Gasteiger partial charge is 0.311 e. The Hall–Kier alpha value is -1.89. The van der Waals surface area contributed by atoms with Gasteiger partial charge in [-0.3, -0.25) is 10.1 Å². The lowest BCUT2D eigenvalue weighted by molar-refractivity contribution is -0.384. The molecule has 0 bridgehead atoms. The molecule has 16 heavy (non-hydrogen) atoms. The number of nitro groups is 1. The van der Waals surface area contributed by atoms with Crippen LogP contribution in [-0.2, 0) is 0 Å². The molecule has 1 heterocycles. The molecule has 0 radical (unpaired) electrons. The number of aromatic nitrogens is 1.